The first-order valence-electron chi connectivity index (χ1n) is 11.5. The van der Waals surface area contributed by atoms with Crippen molar-refractivity contribution in [3.05, 3.63) is 65.5 Å². The lowest BCUT2D eigenvalue weighted by molar-refractivity contribution is -0.118. The van der Waals surface area contributed by atoms with Gasteiger partial charge in [-0.05, 0) is 56.9 Å². The summed E-state index contributed by atoms with van der Waals surface area (Å²) in [5, 5.41) is 16.6. The van der Waals surface area contributed by atoms with Gasteiger partial charge in [0.2, 0.25) is 6.41 Å². The highest BCUT2D eigenvalue weighted by molar-refractivity contribution is 5.68. The van der Waals surface area contributed by atoms with Gasteiger partial charge in [-0.1, -0.05) is 30.3 Å². The first-order chi connectivity index (χ1) is 16.6. The van der Waals surface area contributed by atoms with Gasteiger partial charge in [-0.15, -0.1) is 0 Å². The van der Waals surface area contributed by atoms with Crippen LogP contribution in [0.5, 0.6) is 5.75 Å². The summed E-state index contributed by atoms with van der Waals surface area (Å²) in [5.41, 5.74) is 7.13. The quantitative estimate of drug-likeness (QED) is 0.416. The minimum absolute atomic E-state index is 0.153. The number of rotatable bonds is 11. The molecular weight excluding hydrogens is 453 g/mol. The summed E-state index contributed by atoms with van der Waals surface area (Å²) in [6.07, 6.45) is 1.07. The van der Waals surface area contributed by atoms with Gasteiger partial charge >= 0.3 is 6.09 Å². The molecule has 0 aliphatic rings. The number of carbonyl (C=O) groups is 2. The van der Waals surface area contributed by atoms with E-state index in [-0.39, 0.29) is 18.3 Å². The zero-order valence-electron chi connectivity index (χ0n) is 21.0. The molecule has 8 nitrogen and oxygen atoms in total. The maximum Gasteiger partial charge on any atom is 0.410 e. The highest BCUT2D eigenvalue weighted by Crippen LogP contribution is 2.17. The Morgan fingerprint density at radius 1 is 1.09 bits per heavy atom. The van der Waals surface area contributed by atoms with Crippen LogP contribution in [-0.4, -0.2) is 70.9 Å². The molecule has 0 aromatic heterocycles. The lowest BCUT2D eigenvalue weighted by atomic mass is 10.0. The molecular formula is C26H38FN3O5. The fraction of sp³-hybridized carbons (Fsp3) is 0.462. The van der Waals surface area contributed by atoms with E-state index in [2.05, 4.69) is 0 Å². The van der Waals surface area contributed by atoms with Gasteiger partial charge in [0.25, 0.3) is 0 Å². The number of amides is 2. The average molecular weight is 492 g/mol. The number of halogens is 1. The van der Waals surface area contributed by atoms with Crippen LogP contribution in [0.2, 0.25) is 0 Å². The Kier molecular flexibility index (Phi) is 12.8. The molecule has 0 saturated carbocycles. The number of nitrogens with zero attached hydrogens (tertiary/aromatic N) is 2. The Morgan fingerprint density at radius 3 is 2.31 bits per heavy atom. The van der Waals surface area contributed by atoms with Gasteiger partial charge in [-0.3, -0.25) is 4.79 Å². The number of aromatic hydroxyl groups is 1. The first-order valence-corrected chi connectivity index (χ1v) is 11.5. The molecule has 2 rings (SSSR count). The number of ether oxygens (including phenoxy) is 1. The van der Waals surface area contributed by atoms with Crippen molar-refractivity contribution >= 4 is 12.5 Å². The van der Waals surface area contributed by atoms with Crippen molar-refractivity contribution in [1.82, 2.24) is 9.80 Å². The number of aliphatic hydroxyl groups excluding tert-OH is 1. The Balaban J connectivity index is 0.00000298. The number of benzene rings is 2. The van der Waals surface area contributed by atoms with Crippen LogP contribution in [0.4, 0.5) is 9.18 Å². The zero-order chi connectivity index (χ0) is 26.4. The molecule has 0 aliphatic carbocycles. The van der Waals surface area contributed by atoms with Crippen LogP contribution in [0, 0.1) is 5.82 Å². The van der Waals surface area contributed by atoms with E-state index >= 15 is 0 Å². The summed E-state index contributed by atoms with van der Waals surface area (Å²) >= 11 is 0. The van der Waals surface area contributed by atoms with E-state index in [1.165, 1.54) is 17.0 Å². The smallest absolute Gasteiger partial charge is 0.410 e. The summed E-state index contributed by atoms with van der Waals surface area (Å²) in [7, 11) is 1.00. The van der Waals surface area contributed by atoms with Crippen molar-refractivity contribution in [3.63, 3.8) is 0 Å². The predicted octanol–water partition coefficient (Wildman–Crippen LogP) is 3.30. The molecule has 0 saturated heterocycles. The van der Waals surface area contributed by atoms with Gasteiger partial charge in [0.05, 0.1) is 0 Å². The minimum Gasteiger partial charge on any atom is -0.508 e. The molecule has 1 atom stereocenters. The Bertz CT molecular complexity index is 885. The summed E-state index contributed by atoms with van der Waals surface area (Å²) in [4.78, 5) is 27.5. The molecule has 0 radical (unpaired) electrons. The minimum atomic E-state index is -0.662. The van der Waals surface area contributed by atoms with Gasteiger partial charge in [0.15, 0.2) is 0 Å². The molecule has 9 heteroatoms. The monoisotopic (exact) mass is 491 g/mol. The third kappa shape index (κ3) is 12.2. The van der Waals surface area contributed by atoms with E-state index in [1.54, 1.807) is 25.7 Å². The SMILES string of the molecule is CC(C)(C)OC(=O)N(CC[C@@H](N)Cc1cc(O)cc(F)c1)CCN(C=O)Cc1ccccc1.CO. The number of phenols is 1. The Labute approximate surface area is 207 Å². The fourth-order valence-corrected chi connectivity index (χ4v) is 3.33. The maximum atomic E-state index is 13.5. The second-order valence-electron chi connectivity index (χ2n) is 9.10. The van der Waals surface area contributed by atoms with Crippen molar-refractivity contribution in [2.45, 2.75) is 51.8 Å². The van der Waals surface area contributed by atoms with Crippen LogP contribution in [0.1, 0.15) is 38.3 Å². The van der Waals surface area contributed by atoms with Crippen LogP contribution in [0.15, 0.2) is 48.5 Å². The molecule has 2 aromatic rings. The predicted molar refractivity (Wildman–Crippen MR) is 133 cm³/mol. The van der Waals surface area contributed by atoms with E-state index in [9.17, 15) is 19.1 Å². The van der Waals surface area contributed by atoms with Crippen molar-refractivity contribution in [3.8, 4) is 5.75 Å². The molecule has 2 aromatic carbocycles. The molecule has 0 fully saturated rings. The van der Waals surface area contributed by atoms with E-state index < -0.39 is 17.5 Å². The van der Waals surface area contributed by atoms with E-state index in [4.69, 9.17) is 15.6 Å². The third-order valence-corrected chi connectivity index (χ3v) is 4.90. The molecule has 0 bridgehead atoms. The molecule has 0 unspecified atom stereocenters. The third-order valence-electron chi connectivity index (χ3n) is 4.90. The summed E-state index contributed by atoms with van der Waals surface area (Å²) in [6.45, 7) is 6.75. The second kappa shape index (κ2) is 15.0. The normalized spacial score (nSPS) is 11.6. The number of hydrogen-bond acceptors (Lipinski definition) is 6. The van der Waals surface area contributed by atoms with E-state index in [0.29, 0.717) is 38.0 Å². The first kappa shape index (κ1) is 29.9. The van der Waals surface area contributed by atoms with Crippen molar-refractivity contribution in [2.24, 2.45) is 5.73 Å². The standard InChI is InChI=1S/C25H34FN3O4.CH4O/c1-25(2,3)33-24(32)29(12-11-28(18-30)17-19-7-5-4-6-8-19)10-9-22(27)14-20-13-21(26)16-23(31)15-20;1-2/h4-8,13,15-16,18,22,31H,9-12,14,17,27H2,1-3H3;2H,1H3/t22-;/m1./s1. The van der Waals surface area contributed by atoms with E-state index in [1.807, 2.05) is 30.3 Å². The average Bonchev–Trinajstić information content (AvgIpc) is 2.78. The molecule has 4 N–H and O–H groups in total. The zero-order valence-corrected chi connectivity index (χ0v) is 21.0. The molecule has 0 heterocycles. The molecule has 0 spiro atoms. The van der Waals surface area contributed by atoms with Crippen molar-refractivity contribution < 1.29 is 28.9 Å². The van der Waals surface area contributed by atoms with Crippen LogP contribution in [-0.2, 0) is 22.5 Å². The van der Waals surface area contributed by atoms with Gasteiger partial charge < -0.3 is 30.5 Å². The summed E-state index contributed by atoms with van der Waals surface area (Å²) in [6, 6.07) is 13.1. The maximum absolute atomic E-state index is 13.5. The topological polar surface area (TPSA) is 116 Å². The number of carbonyl (C=O) groups excluding carboxylic acids is 2. The van der Waals surface area contributed by atoms with Gasteiger partial charge in [-0.25, -0.2) is 9.18 Å². The van der Waals surface area contributed by atoms with Gasteiger partial charge in [0, 0.05) is 45.4 Å². The summed E-state index contributed by atoms with van der Waals surface area (Å²) in [5.74, 6) is -0.681. The molecule has 0 aliphatic heterocycles. The van der Waals surface area contributed by atoms with Crippen LogP contribution in [0.3, 0.4) is 0 Å². The number of aliphatic hydroxyl groups is 1. The fourth-order valence-electron chi connectivity index (χ4n) is 3.33. The number of phenolic OH excluding ortho intramolecular Hbond substituents is 1. The van der Waals surface area contributed by atoms with Crippen LogP contribution < -0.4 is 5.73 Å². The van der Waals surface area contributed by atoms with Gasteiger partial charge in [0.1, 0.15) is 17.2 Å². The molecule has 194 valence electrons. The molecule has 35 heavy (non-hydrogen) atoms. The number of hydrogen-bond donors (Lipinski definition) is 3. The van der Waals surface area contributed by atoms with Gasteiger partial charge in [-0.2, -0.15) is 0 Å². The highest BCUT2D eigenvalue weighted by atomic mass is 19.1. The van der Waals surface area contributed by atoms with E-state index in [0.717, 1.165) is 25.1 Å². The highest BCUT2D eigenvalue weighted by Gasteiger charge is 2.23. The summed E-state index contributed by atoms with van der Waals surface area (Å²) < 4.78 is 19.0. The largest absolute Gasteiger partial charge is 0.508 e. The lowest BCUT2D eigenvalue weighted by Crippen LogP contribution is -2.43. The lowest BCUT2D eigenvalue weighted by Gasteiger charge is -2.29. The Hall–Kier alpha value is -3.17. The number of nitrogens with two attached hydrogens (primary N) is 1. The van der Waals surface area contributed by atoms with Crippen LogP contribution in [0.25, 0.3) is 0 Å². The molecule has 2 amide bonds. The van der Waals surface area contributed by atoms with Crippen molar-refractivity contribution in [2.75, 3.05) is 26.7 Å². The second-order valence-corrected chi connectivity index (χ2v) is 9.10. The van der Waals surface area contributed by atoms with Crippen molar-refractivity contribution in [1.29, 1.82) is 0 Å². The Morgan fingerprint density at radius 2 is 1.74 bits per heavy atom. The van der Waals surface area contributed by atoms with Crippen LogP contribution >= 0.6 is 0 Å².